The molecular formula is C15H14BrClFNO2. The molecule has 0 spiro atoms. The standard InChI is InChI=1S/C15H14BrClFNO2/c1-8(2)20-14-7-15(12(19)6-11(14)18)21-13-4-3-9(17)5-10(13)16/h3-8H,19H2,1-2H3. The van der Waals surface area contributed by atoms with Gasteiger partial charge in [-0.1, -0.05) is 11.6 Å². The number of nitrogens with two attached hydrogens (primary N) is 1. The van der Waals surface area contributed by atoms with Crippen LogP contribution in [0.4, 0.5) is 10.1 Å². The van der Waals surface area contributed by atoms with Crippen LogP contribution in [0, 0.1) is 5.82 Å². The van der Waals surface area contributed by atoms with Crippen molar-refractivity contribution in [3.05, 3.63) is 45.6 Å². The summed E-state index contributed by atoms with van der Waals surface area (Å²) in [6.45, 7) is 3.62. The second kappa shape index (κ2) is 6.54. The molecule has 0 bridgehead atoms. The van der Waals surface area contributed by atoms with Crippen molar-refractivity contribution >= 4 is 33.2 Å². The van der Waals surface area contributed by atoms with Gasteiger partial charge in [0.25, 0.3) is 0 Å². The van der Waals surface area contributed by atoms with Crippen LogP contribution in [-0.2, 0) is 0 Å². The highest BCUT2D eigenvalue weighted by Gasteiger charge is 2.13. The SMILES string of the molecule is CC(C)Oc1cc(Oc2ccc(Cl)cc2Br)c(N)cc1F. The lowest BCUT2D eigenvalue weighted by molar-refractivity contribution is 0.230. The van der Waals surface area contributed by atoms with Gasteiger partial charge in [-0.15, -0.1) is 0 Å². The molecule has 0 aromatic heterocycles. The molecule has 2 rings (SSSR count). The van der Waals surface area contributed by atoms with Crippen molar-refractivity contribution in [2.45, 2.75) is 20.0 Å². The smallest absolute Gasteiger partial charge is 0.167 e. The fourth-order valence-electron chi connectivity index (χ4n) is 1.66. The van der Waals surface area contributed by atoms with Crippen LogP contribution in [0.2, 0.25) is 5.02 Å². The normalized spacial score (nSPS) is 10.8. The van der Waals surface area contributed by atoms with E-state index in [1.165, 1.54) is 12.1 Å². The van der Waals surface area contributed by atoms with Crippen LogP contribution in [0.1, 0.15) is 13.8 Å². The molecule has 0 saturated carbocycles. The van der Waals surface area contributed by atoms with Crippen LogP contribution in [0.25, 0.3) is 0 Å². The third-order valence-corrected chi connectivity index (χ3v) is 3.40. The van der Waals surface area contributed by atoms with Crippen LogP contribution in [0.15, 0.2) is 34.8 Å². The number of hydrogen-bond donors (Lipinski definition) is 1. The number of ether oxygens (including phenoxy) is 2. The Bertz CT molecular complexity index is 664. The van der Waals surface area contributed by atoms with E-state index in [-0.39, 0.29) is 17.5 Å². The van der Waals surface area contributed by atoms with Gasteiger partial charge in [-0.2, -0.15) is 0 Å². The Morgan fingerprint density at radius 2 is 1.86 bits per heavy atom. The van der Waals surface area contributed by atoms with Gasteiger partial charge in [0, 0.05) is 17.2 Å². The Kier molecular flexibility index (Phi) is 4.96. The van der Waals surface area contributed by atoms with E-state index in [4.69, 9.17) is 26.8 Å². The summed E-state index contributed by atoms with van der Waals surface area (Å²) >= 11 is 9.22. The molecule has 0 fully saturated rings. The summed E-state index contributed by atoms with van der Waals surface area (Å²) < 4.78 is 25.5. The Morgan fingerprint density at radius 1 is 1.14 bits per heavy atom. The van der Waals surface area contributed by atoms with Crippen LogP contribution >= 0.6 is 27.5 Å². The van der Waals surface area contributed by atoms with Gasteiger partial charge in [0.1, 0.15) is 5.75 Å². The Morgan fingerprint density at radius 3 is 2.48 bits per heavy atom. The van der Waals surface area contributed by atoms with Gasteiger partial charge >= 0.3 is 0 Å². The molecule has 2 aromatic rings. The number of halogens is 3. The predicted molar refractivity (Wildman–Crippen MR) is 85.8 cm³/mol. The van der Waals surface area contributed by atoms with E-state index < -0.39 is 5.82 Å². The van der Waals surface area contributed by atoms with Gasteiger partial charge in [-0.3, -0.25) is 0 Å². The predicted octanol–water partition coefficient (Wildman–Crippen LogP) is 5.40. The van der Waals surface area contributed by atoms with E-state index in [0.29, 0.717) is 21.0 Å². The quantitative estimate of drug-likeness (QED) is 0.728. The van der Waals surface area contributed by atoms with Gasteiger partial charge in [-0.25, -0.2) is 4.39 Å². The molecule has 0 radical (unpaired) electrons. The van der Waals surface area contributed by atoms with E-state index in [2.05, 4.69) is 15.9 Å². The zero-order valence-corrected chi connectivity index (χ0v) is 13.8. The minimum Gasteiger partial charge on any atom is -0.488 e. The number of benzene rings is 2. The summed E-state index contributed by atoms with van der Waals surface area (Å²) in [5.41, 5.74) is 5.97. The summed E-state index contributed by atoms with van der Waals surface area (Å²) in [5.74, 6) is 0.409. The first-order chi connectivity index (χ1) is 9.86. The molecule has 0 saturated heterocycles. The first-order valence-corrected chi connectivity index (χ1v) is 7.42. The van der Waals surface area contributed by atoms with Crippen molar-refractivity contribution in [1.82, 2.24) is 0 Å². The first kappa shape index (κ1) is 15.9. The lowest BCUT2D eigenvalue weighted by Gasteiger charge is -2.15. The Labute approximate surface area is 135 Å². The summed E-state index contributed by atoms with van der Waals surface area (Å²) in [4.78, 5) is 0. The van der Waals surface area contributed by atoms with Gasteiger partial charge < -0.3 is 15.2 Å². The molecule has 2 N–H and O–H groups in total. The number of rotatable bonds is 4. The molecule has 21 heavy (non-hydrogen) atoms. The maximum Gasteiger partial charge on any atom is 0.167 e. The maximum absolute atomic E-state index is 13.8. The highest BCUT2D eigenvalue weighted by molar-refractivity contribution is 9.10. The maximum atomic E-state index is 13.8. The monoisotopic (exact) mass is 373 g/mol. The van der Waals surface area contributed by atoms with E-state index in [0.717, 1.165) is 0 Å². The number of anilines is 1. The number of hydrogen-bond acceptors (Lipinski definition) is 3. The van der Waals surface area contributed by atoms with Gasteiger partial charge in [0.2, 0.25) is 0 Å². The van der Waals surface area contributed by atoms with Gasteiger partial charge in [0.15, 0.2) is 17.3 Å². The molecule has 0 aliphatic rings. The van der Waals surface area contributed by atoms with E-state index in [1.54, 1.807) is 18.2 Å². The zero-order valence-electron chi connectivity index (χ0n) is 11.5. The molecule has 0 amide bonds. The molecule has 0 unspecified atom stereocenters. The fraction of sp³-hybridized carbons (Fsp3) is 0.200. The molecule has 0 atom stereocenters. The lowest BCUT2D eigenvalue weighted by atomic mass is 10.2. The molecule has 0 aliphatic heterocycles. The molecule has 3 nitrogen and oxygen atoms in total. The van der Waals surface area contributed by atoms with Crippen molar-refractivity contribution < 1.29 is 13.9 Å². The fourth-order valence-corrected chi connectivity index (χ4v) is 2.42. The van der Waals surface area contributed by atoms with Crippen molar-refractivity contribution in [3.63, 3.8) is 0 Å². The average Bonchev–Trinajstić information content (AvgIpc) is 2.37. The molecule has 112 valence electrons. The molecule has 2 aromatic carbocycles. The largest absolute Gasteiger partial charge is 0.488 e. The highest BCUT2D eigenvalue weighted by Crippen LogP contribution is 2.37. The lowest BCUT2D eigenvalue weighted by Crippen LogP contribution is -2.07. The summed E-state index contributed by atoms with van der Waals surface area (Å²) in [5, 5.41) is 0.574. The van der Waals surface area contributed by atoms with Crippen molar-refractivity contribution in [2.75, 3.05) is 5.73 Å². The summed E-state index contributed by atoms with van der Waals surface area (Å²) in [6, 6.07) is 7.69. The van der Waals surface area contributed by atoms with Gasteiger partial charge in [-0.05, 0) is 48.0 Å². The second-order valence-electron chi connectivity index (χ2n) is 4.66. The first-order valence-electron chi connectivity index (χ1n) is 6.25. The molecule has 0 heterocycles. The highest BCUT2D eigenvalue weighted by atomic mass is 79.9. The van der Waals surface area contributed by atoms with Crippen molar-refractivity contribution in [3.8, 4) is 17.2 Å². The van der Waals surface area contributed by atoms with Crippen LogP contribution < -0.4 is 15.2 Å². The molecule has 0 aliphatic carbocycles. The van der Waals surface area contributed by atoms with Crippen LogP contribution in [-0.4, -0.2) is 6.10 Å². The third kappa shape index (κ3) is 4.02. The number of nitrogen functional groups attached to an aromatic ring is 1. The van der Waals surface area contributed by atoms with Crippen molar-refractivity contribution in [2.24, 2.45) is 0 Å². The second-order valence-corrected chi connectivity index (χ2v) is 5.95. The average molecular weight is 375 g/mol. The van der Waals surface area contributed by atoms with Crippen LogP contribution in [0.5, 0.6) is 17.2 Å². The van der Waals surface area contributed by atoms with Crippen molar-refractivity contribution in [1.29, 1.82) is 0 Å². The minimum atomic E-state index is -0.524. The Hall–Kier alpha value is -1.46. The summed E-state index contributed by atoms with van der Waals surface area (Å²) in [6.07, 6.45) is -0.154. The van der Waals surface area contributed by atoms with E-state index >= 15 is 0 Å². The topological polar surface area (TPSA) is 44.5 Å². The molecule has 6 heteroatoms. The van der Waals surface area contributed by atoms with E-state index in [1.807, 2.05) is 13.8 Å². The summed E-state index contributed by atoms with van der Waals surface area (Å²) in [7, 11) is 0. The van der Waals surface area contributed by atoms with E-state index in [9.17, 15) is 4.39 Å². The van der Waals surface area contributed by atoms with Gasteiger partial charge in [0.05, 0.1) is 16.3 Å². The Balaban J connectivity index is 2.34. The minimum absolute atomic E-state index is 0.0966. The zero-order chi connectivity index (χ0) is 15.6. The van der Waals surface area contributed by atoms with Crippen LogP contribution in [0.3, 0.4) is 0 Å². The third-order valence-electron chi connectivity index (χ3n) is 2.54. The molecular weight excluding hydrogens is 361 g/mol.